The van der Waals surface area contributed by atoms with E-state index in [1.807, 2.05) is 20.8 Å². The molecule has 17 atom stereocenters. The molecular formula is C36H62O10. The number of ether oxygens (including phenoxy) is 6. The van der Waals surface area contributed by atoms with Crippen molar-refractivity contribution in [3.63, 3.8) is 0 Å². The van der Waals surface area contributed by atoms with E-state index in [1.165, 1.54) is 7.11 Å². The summed E-state index contributed by atoms with van der Waals surface area (Å²) in [5.74, 6) is -3.64. The fourth-order valence-electron chi connectivity index (χ4n) is 9.79. The van der Waals surface area contributed by atoms with Crippen molar-refractivity contribution in [1.29, 1.82) is 0 Å². The van der Waals surface area contributed by atoms with Gasteiger partial charge in [0.15, 0.2) is 11.6 Å². The number of aliphatic hydroxyl groups is 2. The Bertz CT molecular complexity index is 1090. The molecule has 0 amide bonds. The maximum atomic E-state index is 11.8. The summed E-state index contributed by atoms with van der Waals surface area (Å²) >= 11 is 0. The van der Waals surface area contributed by atoms with Gasteiger partial charge in [-0.3, -0.25) is 4.79 Å². The minimum absolute atomic E-state index is 0.0652. The van der Waals surface area contributed by atoms with Gasteiger partial charge in [-0.05, 0) is 71.1 Å². The quantitative estimate of drug-likeness (QED) is 0.301. The molecule has 3 N–H and O–H groups in total. The van der Waals surface area contributed by atoms with E-state index >= 15 is 0 Å². The second kappa shape index (κ2) is 13.1. The van der Waals surface area contributed by atoms with Gasteiger partial charge >= 0.3 is 5.97 Å². The van der Waals surface area contributed by atoms with Crippen LogP contribution in [0.15, 0.2) is 0 Å². The summed E-state index contributed by atoms with van der Waals surface area (Å²) in [6.07, 6.45) is 3.80. The first-order valence-electron chi connectivity index (χ1n) is 18.0. The van der Waals surface area contributed by atoms with Gasteiger partial charge in [0.25, 0.3) is 0 Å². The van der Waals surface area contributed by atoms with Gasteiger partial charge in [-0.25, -0.2) is 0 Å². The fourth-order valence-corrected chi connectivity index (χ4v) is 9.79. The smallest absolute Gasteiger partial charge is 0.308 e. The van der Waals surface area contributed by atoms with E-state index in [9.17, 15) is 20.1 Å². The number of carbonyl (C=O) groups is 1. The lowest BCUT2D eigenvalue weighted by molar-refractivity contribution is -0.335. The topological polar surface area (TPSA) is 133 Å². The first-order valence-corrected chi connectivity index (χ1v) is 18.0. The van der Waals surface area contributed by atoms with Gasteiger partial charge < -0.3 is 43.7 Å². The van der Waals surface area contributed by atoms with Gasteiger partial charge in [0, 0.05) is 37.7 Å². The molecule has 0 radical (unpaired) electrons. The van der Waals surface area contributed by atoms with Crippen molar-refractivity contribution in [1.82, 2.24) is 0 Å². The van der Waals surface area contributed by atoms with Crippen molar-refractivity contribution in [3.05, 3.63) is 0 Å². The van der Waals surface area contributed by atoms with E-state index in [-0.39, 0.29) is 54.0 Å². The summed E-state index contributed by atoms with van der Waals surface area (Å²) in [6.45, 7) is 18.1. The molecule has 46 heavy (non-hydrogen) atoms. The largest absolute Gasteiger partial charge is 0.481 e. The van der Waals surface area contributed by atoms with E-state index in [2.05, 4.69) is 27.7 Å². The molecule has 0 bridgehead atoms. The minimum Gasteiger partial charge on any atom is -0.481 e. The summed E-state index contributed by atoms with van der Waals surface area (Å²) in [7, 11) is 1.53. The van der Waals surface area contributed by atoms with Crippen molar-refractivity contribution < 1.29 is 48.5 Å². The molecule has 5 fully saturated rings. The molecule has 5 rings (SSSR count). The van der Waals surface area contributed by atoms with Crippen LogP contribution in [0.1, 0.15) is 114 Å². The molecule has 10 nitrogen and oxygen atoms in total. The molecule has 0 saturated carbocycles. The molecule has 0 aromatic carbocycles. The molecule has 0 aromatic heterocycles. The summed E-state index contributed by atoms with van der Waals surface area (Å²) < 4.78 is 39.6. The Morgan fingerprint density at radius 3 is 2.33 bits per heavy atom. The molecule has 5 aliphatic rings. The van der Waals surface area contributed by atoms with Gasteiger partial charge in [-0.2, -0.15) is 0 Å². The van der Waals surface area contributed by atoms with Crippen LogP contribution >= 0.6 is 0 Å². The summed E-state index contributed by atoms with van der Waals surface area (Å²) in [6, 6.07) is 0. The number of aliphatic carboxylic acids is 1. The first kappa shape index (κ1) is 36.4. The van der Waals surface area contributed by atoms with Crippen LogP contribution in [0.25, 0.3) is 0 Å². The molecule has 5 aliphatic heterocycles. The molecule has 0 aliphatic carbocycles. The Morgan fingerprint density at radius 1 is 1.00 bits per heavy atom. The zero-order valence-corrected chi connectivity index (χ0v) is 29.9. The molecule has 266 valence electrons. The number of rotatable bonds is 9. The number of methoxy groups -OCH3 is 1. The van der Waals surface area contributed by atoms with E-state index in [1.54, 1.807) is 13.8 Å². The zero-order chi connectivity index (χ0) is 34.0. The standard InChI is InChI=1S/C36H62O10/c1-11-35(31-20(3)17-26(42-31)28-19(2)16-21(4)34(9,40)44-28)13-12-27(43-35)33(8)14-15-36(46-33)18-25(37)22(5)30(45-36)23(6)29(41-10)24(7)32(38)39/h19-31,37,40H,11-18H2,1-10H3,(H,38,39)/t19-,20-,21+,22+,23-,24-,25-,26+,27+,28-,29+,30-,31+,33-,34-,35-,36+/m0/s1. The maximum Gasteiger partial charge on any atom is 0.308 e. The number of hydrogen-bond acceptors (Lipinski definition) is 9. The van der Waals surface area contributed by atoms with Crippen molar-refractivity contribution in [2.24, 2.45) is 35.5 Å². The first-order chi connectivity index (χ1) is 21.4. The van der Waals surface area contributed by atoms with E-state index in [0.29, 0.717) is 12.8 Å². The third kappa shape index (κ3) is 6.43. The van der Waals surface area contributed by atoms with Crippen LogP contribution in [0, 0.1) is 35.5 Å². The molecule has 10 heteroatoms. The number of carboxylic acid groups (broad SMARTS) is 1. The number of hydrogen-bond donors (Lipinski definition) is 3. The minimum atomic E-state index is -1.16. The average molecular weight is 655 g/mol. The van der Waals surface area contributed by atoms with Crippen LogP contribution in [0.3, 0.4) is 0 Å². The predicted molar refractivity (Wildman–Crippen MR) is 171 cm³/mol. The molecule has 1 spiro atoms. The lowest BCUT2D eigenvalue weighted by Crippen LogP contribution is -2.57. The number of aliphatic hydroxyl groups excluding tert-OH is 1. The highest BCUT2D eigenvalue weighted by Crippen LogP contribution is 2.55. The van der Waals surface area contributed by atoms with Crippen molar-refractivity contribution in [3.8, 4) is 0 Å². The second-order valence-corrected chi connectivity index (χ2v) is 16.3. The lowest BCUT2D eigenvalue weighted by atomic mass is 9.78. The third-order valence-electron chi connectivity index (χ3n) is 13.0. The van der Waals surface area contributed by atoms with Gasteiger partial charge in [-0.1, -0.05) is 41.5 Å². The Kier molecular flexibility index (Phi) is 10.4. The molecule has 5 heterocycles. The van der Waals surface area contributed by atoms with Crippen LogP contribution in [-0.4, -0.2) is 93.9 Å². The summed E-state index contributed by atoms with van der Waals surface area (Å²) in [4.78, 5) is 11.8. The van der Waals surface area contributed by atoms with E-state index in [4.69, 9.17) is 28.4 Å². The average Bonchev–Trinajstić information content (AvgIpc) is 3.69. The SMILES string of the molecule is CC[C@@]1([C@@H]2O[C@@H]([C@H]3O[C@](C)(O)[C@H](C)C[C@@H]3C)C[C@@H]2C)CC[C@H]([C@]2(C)CC[C@]3(C[C@H](O)[C@@H](C)[C@@H]([C@@H](C)[C@@H](OC)[C@H](C)C(=O)O)O3)O2)O1. The van der Waals surface area contributed by atoms with Crippen molar-refractivity contribution >= 4 is 5.97 Å². The van der Waals surface area contributed by atoms with Crippen molar-refractivity contribution in [2.75, 3.05) is 7.11 Å². The second-order valence-electron chi connectivity index (χ2n) is 16.3. The Balaban J connectivity index is 1.29. The zero-order valence-electron chi connectivity index (χ0n) is 29.9. The van der Waals surface area contributed by atoms with Gasteiger partial charge in [-0.15, -0.1) is 0 Å². The fraction of sp³-hybridized carbons (Fsp3) is 0.972. The molecule has 0 aromatic rings. The van der Waals surface area contributed by atoms with Crippen molar-refractivity contribution in [2.45, 2.75) is 179 Å². The van der Waals surface area contributed by atoms with Gasteiger partial charge in [0.05, 0.1) is 59.8 Å². The highest BCUT2D eigenvalue weighted by Gasteiger charge is 2.62. The molecule has 0 unspecified atom stereocenters. The third-order valence-corrected chi connectivity index (χ3v) is 13.0. The van der Waals surface area contributed by atoms with Gasteiger partial charge in [0.1, 0.15) is 0 Å². The Morgan fingerprint density at radius 2 is 1.70 bits per heavy atom. The summed E-state index contributed by atoms with van der Waals surface area (Å²) in [5, 5.41) is 31.9. The number of carboxylic acids is 1. The Hall–Kier alpha value is -0.850. The van der Waals surface area contributed by atoms with Crippen LogP contribution in [-0.2, 0) is 33.2 Å². The van der Waals surface area contributed by atoms with Crippen LogP contribution in [0.2, 0.25) is 0 Å². The highest BCUT2D eigenvalue weighted by molar-refractivity contribution is 5.70. The Labute approximate surface area is 276 Å². The van der Waals surface area contributed by atoms with Crippen LogP contribution < -0.4 is 0 Å². The van der Waals surface area contributed by atoms with E-state index in [0.717, 1.165) is 38.5 Å². The van der Waals surface area contributed by atoms with Crippen LogP contribution in [0.5, 0.6) is 0 Å². The van der Waals surface area contributed by atoms with E-state index < -0.39 is 53.0 Å². The maximum absolute atomic E-state index is 11.8. The molecule has 5 saturated heterocycles. The normalized spacial score (nSPS) is 51.7. The predicted octanol–water partition coefficient (Wildman–Crippen LogP) is 5.30. The van der Waals surface area contributed by atoms with Crippen LogP contribution in [0.4, 0.5) is 0 Å². The molecular weight excluding hydrogens is 592 g/mol. The summed E-state index contributed by atoms with van der Waals surface area (Å²) in [5.41, 5.74) is -1.07. The highest BCUT2D eigenvalue weighted by atomic mass is 16.7. The van der Waals surface area contributed by atoms with Gasteiger partial charge in [0.2, 0.25) is 0 Å². The lowest BCUT2D eigenvalue weighted by Gasteiger charge is -2.49. The monoisotopic (exact) mass is 654 g/mol.